The fraction of sp³-hybridized carbons (Fsp3) is 0.231. The summed E-state index contributed by atoms with van der Waals surface area (Å²) in [6.07, 6.45) is -0.541. The SMILES string of the molecule is O=C(O)C(Cc1ccccc1)C(C(=O)O)(C(=O)O)C(=O)O. The third kappa shape index (κ3) is 2.83. The molecule has 1 unspecified atom stereocenters. The van der Waals surface area contributed by atoms with Crippen LogP contribution in [0.3, 0.4) is 0 Å². The lowest BCUT2D eigenvalue weighted by molar-refractivity contribution is -0.185. The van der Waals surface area contributed by atoms with Gasteiger partial charge in [0.05, 0.1) is 5.92 Å². The minimum atomic E-state index is -3.46. The molecule has 1 aromatic rings. The van der Waals surface area contributed by atoms with Gasteiger partial charge in [0.2, 0.25) is 0 Å². The second-order valence-electron chi connectivity index (χ2n) is 4.30. The Balaban J connectivity index is 3.41. The first-order valence-electron chi connectivity index (χ1n) is 5.71. The summed E-state index contributed by atoms with van der Waals surface area (Å²) in [5, 5.41) is 36.2. The van der Waals surface area contributed by atoms with Crippen molar-refractivity contribution in [3.63, 3.8) is 0 Å². The number of benzene rings is 1. The van der Waals surface area contributed by atoms with Crippen molar-refractivity contribution in [1.82, 2.24) is 0 Å². The van der Waals surface area contributed by atoms with Crippen molar-refractivity contribution in [2.75, 3.05) is 0 Å². The summed E-state index contributed by atoms with van der Waals surface area (Å²) in [4.78, 5) is 44.9. The molecular formula is C13H12O8. The molecule has 0 bridgehead atoms. The predicted octanol–water partition coefficient (Wildman–Crippen LogP) is 0.170. The van der Waals surface area contributed by atoms with Gasteiger partial charge in [0.25, 0.3) is 5.41 Å². The molecule has 1 aromatic carbocycles. The highest BCUT2D eigenvalue weighted by molar-refractivity contribution is 6.18. The third-order valence-electron chi connectivity index (χ3n) is 3.12. The summed E-state index contributed by atoms with van der Waals surface area (Å²) in [6.45, 7) is 0. The van der Waals surface area contributed by atoms with Crippen molar-refractivity contribution in [3.8, 4) is 0 Å². The van der Waals surface area contributed by atoms with E-state index in [1.54, 1.807) is 6.07 Å². The lowest BCUT2D eigenvalue weighted by Gasteiger charge is -2.26. The summed E-state index contributed by atoms with van der Waals surface area (Å²) >= 11 is 0. The summed E-state index contributed by atoms with van der Waals surface area (Å²) in [6, 6.07) is 7.60. The van der Waals surface area contributed by atoms with Crippen LogP contribution in [0.1, 0.15) is 5.56 Å². The normalized spacial score (nSPS) is 12.4. The van der Waals surface area contributed by atoms with E-state index in [-0.39, 0.29) is 0 Å². The van der Waals surface area contributed by atoms with Crippen molar-refractivity contribution in [2.24, 2.45) is 11.3 Å². The molecule has 0 spiro atoms. The maximum absolute atomic E-state index is 11.3. The molecule has 0 fully saturated rings. The van der Waals surface area contributed by atoms with Gasteiger partial charge in [-0.3, -0.25) is 19.2 Å². The Morgan fingerprint density at radius 3 is 1.62 bits per heavy atom. The Morgan fingerprint density at radius 2 is 1.29 bits per heavy atom. The largest absolute Gasteiger partial charge is 0.481 e. The van der Waals surface area contributed by atoms with Crippen LogP contribution in [0.2, 0.25) is 0 Å². The fourth-order valence-electron chi connectivity index (χ4n) is 2.00. The topological polar surface area (TPSA) is 149 Å². The van der Waals surface area contributed by atoms with E-state index in [9.17, 15) is 19.2 Å². The lowest BCUT2D eigenvalue weighted by atomic mass is 9.72. The van der Waals surface area contributed by atoms with Crippen molar-refractivity contribution < 1.29 is 39.6 Å². The molecular weight excluding hydrogens is 284 g/mol. The van der Waals surface area contributed by atoms with Crippen LogP contribution in [-0.4, -0.2) is 44.3 Å². The maximum Gasteiger partial charge on any atom is 0.333 e. The average Bonchev–Trinajstić information content (AvgIpc) is 2.38. The molecule has 0 aliphatic heterocycles. The molecule has 0 aliphatic rings. The molecule has 0 aliphatic carbocycles. The van der Waals surface area contributed by atoms with Gasteiger partial charge in [-0.25, -0.2) is 0 Å². The van der Waals surface area contributed by atoms with Gasteiger partial charge in [-0.1, -0.05) is 30.3 Å². The Kier molecular flexibility index (Phi) is 4.64. The van der Waals surface area contributed by atoms with Gasteiger partial charge in [0, 0.05) is 0 Å². The molecule has 4 N–H and O–H groups in total. The number of hydrogen-bond acceptors (Lipinski definition) is 4. The predicted molar refractivity (Wildman–Crippen MR) is 66.6 cm³/mol. The monoisotopic (exact) mass is 296 g/mol. The molecule has 1 atom stereocenters. The summed E-state index contributed by atoms with van der Waals surface area (Å²) in [5.41, 5.74) is -3.14. The minimum absolute atomic E-state index is 0.318. The van der Waals surface area contributed by atoms with Gasteiger partial charge in [0.15, 0.2) is 0 Å². The highest BCUT2D eigenvalue weighted by Gasteiger charge is 2.62. The van der Waals surface area contributed by atoms with Crippen LogP contribution in [0, 0.1) is 11.3 Å². The highest BCUT2D eigenvalue weighted by Crippen LogP contribution is 2.33. The average molecular weight is 296 g/mol. The molecule has 8 nitrogen and oxygen atoms in total. The smallest absolute Gasteiger partial charge is 0.333 e. The second kappa shape index (κ2) is 6.04. The van der Waals surface area contributed by atoms with E-state index in [0.29, 0.717) is 5.56 Å². The zero-order valence-electron chi connectivity index (χ0n) is 10.6. The molecule has 21 heavy (non-hydrogen) atoms. The lowest BCUT2D eigenvalue weighted by Crippen LogP contribution is -2.55. The van der Waals surface area contributed by atoms with Crippen LogP contribution in [-0.2, 0) is 25.6 Å². The van der Waals surface area contributed by atoms with E-state index in [1.807, 2.05) is 0 Å². The molecule has 0 saturated carbocycles. The number of carboxylic acid groups (broad SMARTS) is 4. The van der Waals surface area contributed by atoms with E-state index in [1.165, 1.54) is 24.3 Å². The van der Waals surface area contributed by atoms with Crippen molar-refractivity contribution >= 4 is 23.9 Å². The van der Waals surface area contributed by atoms with Gasteiger partial charge >= 0.3 is 23.9 Å². The Hall–Kier alpha value is -2.90. The van der Waals surface area contributed by atoms with E-state index < -0.39 is 41.6 Å². The first-order chi connectivity index (χ1) is 9.74. The van der Waals surface area contributed by atoms with E-state index in [2.05, 4.69) is 0 Å². The van der Waals surface area contributed by atoms with Crippen molar-refractivity contribution in [1.29, 1.82) is 0 Å². The van der Waals surface area contributed by atoms with Gasteiger partial charge in [0.1, 0.15) is 0 Å². The molecule has 0 heterocycles. The first-order valence-corrected chi connectivity index (χ1v) is 5.71. The molecule has 1 rings (SSSR count). The van der Waals surface area contributed by atoms with Crippen molar-refractivity contribution in [3.05, 3.63) is 35.9 Å². The first kappa shape index (κ1) is 16.2. The number of rotatable bonds is 7. The number of carbonyl (C=O) groups is 4. The minimum Gasteiger partial charge on any atom is -0.481 e. The number of hydrogen-bond donors (Lipinski definition) is 4. The standard InChI is InChI=1S/C13H12O8/c14-9(15)8(6-7-4-2-1-3-5-7)13(10(16)17,11(18)19)12(20)21/h1-5,8H,6H2,(H,14,15)(H,16,17)(H,18,19)(H,20,21). The molecule has 0 amide bonds. The third-order valence-corrected chi connectivity index (χ3v) is 3.12. The van der Waals surface area contributed by atoms with Crippen LogP contribution in [0.15, 0.2) is 30.3 Å². The zero-order valence-corrected chi connectivity index (χ0v) is 10.6. The van der Waals surface area contributed by atoms with Crippen LogP contribution < -0.4 is 0 Å². The summed E-state index contributed by atoms with van der Waals surface area (Å²) in [5.74, 6) is -10.7. The van der Waals surface area contributed by atoms with Crippen LogP contribution in [0.5, 0.6) is 0 Å². The van der Waals surface area contributed by atoms with Crippen LogP contribution in [0.25, 0.3) is 0 Å². The van der Waals surface area contributed by atoms with Gasteiger partial charge in [-0.15, -0.1) is 0 Å². The fourth-order valence-corrected chi connectivity index (χ4v) is 2.00. The quantitative estimate of drug-likeness (QED) is 0.520. The summed E-state index contributed by atoms with van der Waals surface area (Å²) in [7, 11) is 0. The molecule has 112 valence electrons. The Labute approximate surface area is 118 Å². The number of carboxylic acids is 4. The second-order valence-corrected chi connectivity index (χ2v) is 4.30. The van der Waals surface area contributed by atoms with Gasteiger partial charge in [-0.2, -0.15) is 0 Å². The summed E-state index contributed by atoms with van der Waals surface area (Å²) < 4.78 is 0. The Morgan fingerprint density at radius 1 is 0.857 bits per heavy atom. The molecule has 0 radical (unpaired) electrons. The molecule has 0 aromatic heterocycles. The maximum atomic E-state index is 11.3. The van der Waals surface area contributed by atoms with E-state index >= 15 is 0 Å². The number of aliphatic carboxylic acids is 4. The van der Waals surface area contributed by atoms with E-state index in [4.69, 9.17) is 20.4 Å². The van der Waals surface area contributed by atoms with E-state index in [0.717, 1.165) is 0 Å². The molecule has 8 heteroatoms. The van der Waals surface area contributed by atoms with Crippen LogP contribution in [0.4, 0.5) is 0 Å². The highest BCUT2D eigenvalue weighted by atomic mass is 16.4. The van der Waals surface area contributed by atoms with Crippen LogP contribution >= 0.6 is 0 Å². The Bertz CT molecular complexity index is 541. The zero-order chi connectivity index (χ0) is 16.2. The van der Waals surface area contributed by atoms with Crippen molar-refractivity contribution in [2.45, 2.75) is 6.42 Å². The van der Waals surface area contributed by atoms with Gasteiger partial charge < -0.3 is 20.4 Å². The molecule has 0 saturated heterocycles. The van der Waals surface area contributed by atoms with Gasteiger partial charge in [-0.05, 0) is 12.0 Å².